The molecule has 0 spiro atoms. The molecule has 0 saturated heterocycles. The SMILES string of the molecule is CCCCC(=O)N[C@H](CC(C)C)C(=O)N1CCc2ccccc21. The van der Waals surface area contributed by atoms with Gasteiger partial charge in [-0.05, 0) is 36.8 Å². The minimum atomic E-state index is -0.425. The van der Waals surface area contributed by atoms with E-state index in [0.717, 1.165) is 24.9 Å². The number of benzene rings is 1. The Morgan fingerprint density at radius 1 is 1.26 bits per heavy atom. The van der Waals surface area contributed by atoms with Gasteiger partial charge in [0.15, 0.2) is 0 Å². The lowest BCUT2D eigenvalue weighted by molar-refractivity contribution is -0.128. The van der Waals surface area contributed by atoms with E-state index >= 15 is 0 Å². The third-order valence-electron chi connectivity index (χ3n) is 4.25. The van der Waals surface area contributed by atoms with Gasteiger partial charge in [-0.25, -0.2) is 0 Å². The Balaban J connectivity index is 2.09. The highest BCUT2D eigenvalue weighted by Gasteiger charge is 2.31. The second-order valence-corrected chi connectivity index (χ2v) is 6.72. The van der Waals surface area contributed by atoms with E-state index in [9.17, 15) is 9.59 Å². The highest BCUT2D eigenvalue weighted by Crippen LogP contribution is 2.28. The maximum absolute atomic E-state index is 13.0. The van der Waals surface area contributed by atoms with Crippen molar-refractivity contribution in [1.82, 2.24) is 5.32 Å². The van der Waals surface area contributed by atoms with Gasteiger partial charge in [-0.15, -0.1) is 0 Å². The molecule has 0 saturated carbocycles. The Bertz CT molecular complexity index is 554. The average molecular weight is 316 g/mol. The molecule has 0 aromatic heterocycles. The molecule has 2 rings (SSSR count). The van der Waals surface area contributed by atoms with E-state index in [1.165, 1.54) is 5.56 Å². The van der Waals surface area contributed by atoms with Crippen LogP contribution in [0.15, 0.2) is 24.3 Å². The molecule has 23 heavy (non-hydrogen) atoms. The molecule has 1 N–H and O–H groups in total. The first-order chi connectivity index (χ1) is 11.0. The van der Waals surface area contributed by atoms with Crippen LogP contribution in [0.3, 0.4) is 0 Å². The van der Waals surface area contributed by atoms with E-state index in [2.05, 4.69) is 32.2 Å². The van der Waals surface area contributed by atoms with Gasteiger partial charge in [0.1, 0.15) is 6.04 Å². The molecular weight excluding hydrogens is 288 g/mol. The Morgan fingerprint density at radius 2 is 2.00 bits per heavy atom. The summed E-state index contributed by atoms with van der Waals surface area (Å²) in [6.07, 6.45) is 3.90. The van der Waals surface area contributed by atoms with Crippen LogP contribution in [0.2, 0.25) is 0 Å². The maximum atomic E-state index is 13.0. The van der Waals surface area contributed by atoms with Crippen molar-refractivity contribution in [3.8, 4) is 0 Å². The molecule has 1 aromatic rings. The first kappa shape index (κ1) is 17.5. The van der Waals surface area contributed by atoms with Crippen molar-refractivity contribution >= 4 is 17.5 Å². The summed E-state index contributed by atoms with van der Waals surface area (Å²) in [5.74, 6) is 0.361. The molecule has 2 amide bonds. The largest absolute Gasteiger partial charge is 0.344 e. The van der Waals surface area contributed by atoms with Gasteiger partial charge in [0.2, 0.25) is 11.8 Å². The number of rotatable bonds is 7. The fourth-order valence-corrected chi connectivity index (χ4v) is 3.05. The molecule has 0 radical (unpaired) electrons. The summed E-state index contributed by atoms with van der Waals surface area (Å²) in [4.78, 5) is 26.9. The Hall–Kier alpha value is -1.84. The lowest BCUT2D eigenvalue weighted by Gasteiger charge is -2.26. The van der Waals surface area contributed by atoms with Crippen LogP contribution in [0.4, 0.5) is 5.69 Å². The van der Waals surface area contributed by atoms with Crippen LogP contribution in [0.5, 0.6) is 0 Å². The number of hydrogen-bond acceptors (Lipinski definition) is 2. The van der Waals surface area contributed by atoms with Crippen molar-refractivity contribution in [3.05, 3.63) is 29.8 Å². The van der Waals surface area contributed by atoms with Crippen LogP contribution in [0.1, 0.15) is 52.0 Å². The van der Waals surface area contributed by atoms with Crippen molar-refractivity contribution in [1.29, 1.82) is 0 Å². The van der Waals surface area contributed by atoms with Crippen molar-refractivity contribution < 1.29 is 9.59 Å². The van der Waals surface area contributed by atoms with Crippen LogP contribution >= 0.6 is 0 Å². The van der Waals surface area contributed by atoms with Gasteiger partial charge >= 0.3 is 0 Å². The van der Waals surface area contributed by atoms with Crippen molar-refractivity contribution in [2.45, 2.75) is 58.9 Å². The fourth-order valence-electron chi connectivity index (χ4n) is 3.05. The van der Waals surface area contributed by atoms with Gasteiger partial charge in [0.05, 0.1) is 0 Å². The van der Waals surface area contributed by atoms with E-state index < -0.39 is 6.04 Å². The number of unbranched alkanes of at least 4 members (excludes halogenated alkanes) is 1. The lowest BCUT2D eigenvalue weighted by atomic mass is 10.0. The molecule has 4 heteroatoms. The molecule has 126 valence electrons. The summed E-state index contributed by atoms with van der Waals surface area (Å²) in [6, 6.07) is 7.60. The number of amides is 2. The fraction of sp³-hybridized carbons (Fsp3) is 0.579. The minimum Gasteiger partial charge on any atom is -0.344 e. The molecule has 4 nitrogen and oxygen atoms in total. The summed E-state index contributed by atoms with van der Waals surface area (Å²) in [5, 5.41) is 2.96. The molecule has 1 aliphatic heterocycles. The smallest absolute Gasteiger partial charge is 0.249 e. The highest BCUT2D eigenvalue weighted by molar-refractivity contribution is 6.00. The molecule has 1 aliphatic rings. The van der Waals surface area contributed by atoms with Crippen LogP contribution in [-0.4, -0.2) is 24.4 Å². The van der Waals surface area contributed by atoms with Crippen molar-refractivity contribution in [3.63, 3.8) is 0 Å². The Labute approximate surface area is 139 Å². The molecule has 0 fully saturated rings. The molecule has 1 heterocycles. The summed E-state index contributed by atoms with van der Waals surface area (Å²) in [5.41, 5.74) is 2.20. The maximum Gasteiger partial charge on any atom is 0.249 e. The summed E-state index contributed by atoms with van der Waals surface area (Å²) in [6.45, 7) is 6.93. The summed E-state index contributed by atoms with van der Waals surface area (Å²) < 4.78 is 0. The second kappa shape index (κ2) is 8.14. The van der Waals surface area contributed by atoms with Crippen LogP contribution < -0.4 is 10.2 Å². The van der Waals surface area contributed by atoms with Gasteiger partial charge in [0, 0.05) is 18.7 Å². The molecule has 0 aliphatic carbocycles. The zero-order valence-electron chi connectivity index (χ0n) is 14.5. The topological polar surface area (TPSA) is 49.4 Å². The molecule has 0 bridgehead atoms. The van der Waals surface area contributed by atoms with Gasteiger partial charge in [0.25, 0.3) is 0 Å². The van der Waals surface area contributed by atoms with E-state index in [0.29, 0.717) is 25.3 Å². The van der Waals surface area contributed by atoms with Crippen LogP contribution in [0, 0.1) is 5.92 Å². The number of fused-ring (bicyclic) bond motifs is 1. The number of nitrogens with zero attached hydrogens (tertiary/aromatic N) is 1. The first-order valence-electron chi connectivity index (χ1n) is 8.71. The molecule has 1 atom stereocenters. The third kappa shape index (κ3) is 4.57. The second-order valence-electron chi connectivity index (χ2n) is 6.72. The zero-order valence-corrected chi connectivity index (χ0v) is 14.5. The van der Waals surface area contributed by atoms with Gasteiger partial charge in [-0.1, -0.05) is 45.4 Å². The van der Waals surface area contributed by atoms with Crippen molar-refractivity contribution in [2.75, 3.05) is 11.4 Å². The van der Waals surface area contributed by atoms with Crippen molar-refractivity contribution in [2.24, 2.45) is 5.92 Å². The number of para-hydroxylation sites is 1. The standard InChI is InChI=1S/C19H28N2O2/c1-4-5-10-18(22)20-16(13-14(2)3)19(23)21-12-11-15-8-6-7-9-17(15)21/h6-9,14,16H,4-5,10-13H2,1-3H3,(H,20,22)/t16-/m1/s1. The number of nitrogens with one attached hydrogen (secondary N) is 1. The number of carbonyl (C=O) groups is 2. The van der Waals surface area contributed by atoms with Crippen LogP contribution in [0.25, 0.3) is 0 Å². The lowest BCUT2D eigenvalue weighted by Crippen LogP contribution is -2.49. The van der Waals surface area contributed by atoms with E-state index in [4.69, 9.17) is 0 Å². The normalized spacial score (nSPS) is 14.7. The van der Waals surface area contributed by atoms with Crippen LogP contribution in [-0.2, 0) is 16.0 Å². The average Bonchev–Trinajstić information content (AvgIpc) is 2.95. The Kier molecular flexibility index (Phi) is 6.20. The quantitative estimate of drug-likeness (QED) is 0.839. The van der Waals surface area contributed by atoms with Gasteiger partial charge in [-0.3, -0.25) is 9.59 Å². The predicted octanol–water partition coefficient (Wildman–Crippen LogP) is 3.30. The first-order valence-corrected chi connectivity index (χ1v) is 8.71. The zero-order chi connectivity index (χ0) is 16.8. The van der Waals surface area contributed by atoms with Gasteiger partial charge in [-0.2, -0.15) is 0 Å². The van der Waals surface area contributed by atoms with E-state index in [1.54, 1.807) is 0 Å². The highest BCUT2D eigenvalue weighted by atomic mass is 16.2. The molecule has 0 unspecified atom stereocenters. The minimum absolute atomic E-state index is 0.0154. The molecule has 1 aromatic carbocycles. The third-order valence-corrected chi connectivity index (χ3v) is 4.25. The number of anilines is 1. The summed E-state index contributed by atoms with van der Waals surface area (Å²) >= 11 is 0. The number of hydrogen-bond donors (Lipinski definition) is 1. The predicted molar refractivity (Wildman–Crippen MR) is 93.4 cm³/mol. The van der Waals surface area contributed by atoms with Gasteiger partial charge < -0.3 is 10.2 Å². The molecular formula is C19H28N2O2. The van der Waals surface area contributed by atoms with E-state index in [-0.39, 0.29) is 11.8 Å². The summed E-state index contributed by atoms with van der Waals surface area (Å²) in [7, 11) is 0. The van der Waals surface area contributed by atoms with E-state index in [1.807, 2.05) is 23.1 Å². The monoisotopic (exact) mass is 316 g/mol. The number of carbonyl (C=O) groups excluding carboxylic acids is 2. The Morgan fingerprint density at radius 3 is 2.70 bits per heavy atom.